The van der Waals surface area contributed by atoms with Crippen molar-refractivity contribution in [3.05, 3.63) is 12.2 Å². The minimum absolute atomic E-state index is 0.460. The second-order valence-electron chi connectivity index (χ2n) is 6.74. The van der Waals surface area contributed by atoms with Gasteiger partial charge < -0.3 is 0 Å². The molecule has 0 radical (unpaired) electrons. The van der Waals surface area contributed by atoms with Crippen LogP contribution in [0.1, 0.15) is 52.9 Å². The molecule has 86 valence electrons. The average molecular weight is 207 g/mol. The van der Waals surface area contributed by atoms with E-state index in [9.17, 15) is 0 Å². The molecule has 0 aromatic heterocycles. The molecular weight excluding hydrogens is 182 g/mol. The maximum Gasteiger partial charge on any atom is 0.0221 e. The van der Waals surface area contributed by atoms with Crippen molar-refractivity contribution in [2.45, 2.75) is 58.4 Å². The quantitative estimate of drug-likeness (QED) is 0.594. The highest BCUT2D eigenvalue weighted by atomic mass is 15.2. The number of fused-ring (bicyclic) bond motifs is 1. The van der Waals surface area contributed by atoms with Gasteiger partial charge >= 0.3 is 0 Å². The lowest BCUT2D eigenvalue weighted by atomic mass is 9.73. The lowest BCUT2D eigenvalue weighted by molar-refractivity contribution is 0.0695. The summed E-state index contributed by atoms with van der Waals surface area (Å²) >= 11 is 0. The van der Waals surface area contributed by atoms with E-state index in [-0.39, 0.29) is 0 Å². The van der Waals surface area contributed by atoms with E-state index in [0.29, 0.717) is 11.0 Å². The SMILES string of the molecule is C=C1CCC2(CC(C)(C)C)CCCN2C1. The lowest BCUT2D eigenvalue weighted by Gasteiger charge is -2.46. The van der Waals surface area contributed by atoms with Crippen LogP contribution >= 0.6 is 0 Å². The summed E-state index contributed by atoms with van der Waals surface area (Å²) in [6.07, 6.45) is 6.77. The van der Waals surface area contributed by atoms with Gasteiger partial charge in [0.2, 0.25) is 0 Å². The van der Waals surface area contributed by atoms with E-state index >= 15 is 0 Å². The third kappa shape index (κ3) is 2.28. The second kappa shape index (κ2) is 3.62. The Labute approximate surface area is 94.5 Å². The van der Waals surface area contributed by atoms with Crippen LogP contribution in [0.4, 0.5) is 0 Å². The van der Waals surface area contributed by atoms with Crippen LogP contribution in [0, 0.1) is 5.41 Å². The molecular formula is C14H25N. The Hall–Kier alpha value is -0.300. The minimum atomic E-state index is 0.460. The summed E-state index contributed by atoms with van der Waals surface area (Å²) in [7, 11) is 0. The van der Waals surface area contributed by atoms with Crippen LogP contribution in [0.15, 0.2) is 12.2 Å². The third-order valence-electron chi connectivity index (χ3n) is 3.96. The van der Waals surface area contributed by atoms with Crippen LogP contribution in [0.2, 0.25) is 0 Å². The summed E-state index contributed by atoms with van der Waals surface area (Å²) in [5.41, 5.74) is 2.43. The molecule has 0 spiro atoms. The first-order valence-electron chi connectivity index (χ1n) is 6.33. The highest BCUT2D eigenvalue weighted by Gasteiger charge is 2.44. The Kier molecular flexibility index (Phi) is 2.70. The van der Waals surface area contributed by atoms with Gasteiger partial charge in [0.25, 0.3) is 0 Å². The first kappa shape index (κ1) is 11.2. The predicted molar refractivity (Wildman–Crippen MR) is 66.0 cm³/mol. The molecule has 2 aliphatic rings. The van der Waals surface area contributed by atoms with E-state index in [2.05, 4.69) is 32.3 Å². The van der Waals surface area contributed by atoms with Crippen molar-refractivity contribution in [3.63, 3.8) is 0 Å². The van der Waals surface area contributed by atoms with Crippen molar-refractivity contribution in [1.82, 2.24) is 4.90 Å². The van der Waals surface area contributed by atoms with Gasteiger partial charge in [-0.25, -0.2) is 0 Å². The van der Waals surface area contributed by atoms with Crippen LogP contribution in [0.3, 0.4) is 0 Å². The molecule has 0 saturated carbocycles. The van der Waals surface area contributed by atoms with Crippen LogP contribution in [-0.4, -0.2) is 23.5 Å². The zero-order valence-electron chi connectivity index (χ0n) is 10.6. The van der Waals surface area contributed by atoms with E-state index in [4.69, 9.17) is 0 Å². The van der Waals surface area contributed by atoms with Gasteiger partial charge in [0, 0.05) is 12.1 Å². The Morgan fingerprint density at radius 3 is 2.73 bits per heavy atom. The summed E-state index contributed by atoms with van der Waals surface area (Å²) in [5, 5.41) is 0. The summed E-state index contributed by atoms with van der Waals surface area (Å²) in [6.45, 7) is 13.8. The molecule has 0 N–H and O–H groups in total. The zero-order chi connectivity index (χ0) is 11.1. The fraction of sp³-hybridized carbons (Fsp3) is 0.857. The highest BCUT2D eigenvalue weighted by Crippen LogP contribution is 2.45. The van der Waals surface area contributed by atoms with Crippen molar-refractivity contribution in [2.75, 3.05) is 13.1 Å². The van der Waals surface area contributed by atoms with Gasteiger partial charge in [0.05, 0.1) is 0 Å². The molecule has 2 heterocycles. The molecule has 2 aliphatic heterocycles. The summed E-state index contributed by atoms with van der Waals surface area (Å²) in [5.74, 6) is 0. The van der Waals surface area contributed by atoms with E-state index in [1.54, 1.807) is 0 Å². The average Bonchev–Trinajstić information content (AvgIpc) is 2.44. The molecule has 1 atom stereocenters. The number of nitrogens with zero attached hydrogens (tertiary/aromatic N) is 1. The molecule has 0 amide bonds. The monoisotopic (exact) mass is 207 g/mol. The Bertz CT molecular complexity index is 261. The fourth-order valence-electron chi connectivity index (χ4n) is 3.56. The molecule has 0 aromatic rings. The Balaban J connectivity index is 2.14. The predicted octanol–water partition coefficient (Wildman–Crippen LogP) is 3.61. The van der Waals surface area contributed by atoms with Gasteiger partial charge in [-0.15, -0.1) is 0 Å². The summed E-state index contributed by atoms with van der Waals surface area (Å²) in [6, 6.07) is 0. The number of hydrogen-bond acceptors (Lipinski definition) is 1. The minimum Gasteiger partial charge on any atom is -0.294 e. The second-order valence-corrected chi connectivity index (χ2v) is 6.74. The maximum absolute atomic E-state index is 4.16. The van der Waals surface area contributed by atoms with Crippen molar-refractivity contribution in [3.8, 4) is 0 Å². The van der Waals surface area contributed by atoms with E-state index < -0.39 is 0 Å². The van der Waals surface area contributed by atoms with E-state index in [1.165, 1.54) is 44.2 Å². The molecule has 1 unspecified atom stereocenters. The molecule has 15 heavy (non-hydrogen) atoms. The molecule has 1 heteroatoms. The Morgan fingerprint density at radius 2 is 2.07 bits per heavy atom. The standard InChI is InChI=1S/C14H25N/c1-12-6-8-14(11-13(2,3)4)7-5-9-15(14)10-12/h1,5-11H2,2-4H3. The first-order valence-corrected chi connectivity index (χ1v) is 6.33. The van der Waals surface area contributed by atoms with Crippen molar-refractivity contribution < 1.29 is 0 Å². The molecule has 2 saturated heterocycles. The topological polar surface area (TPSA) is 3.24 Å². The van der Waals surface area contributed by atoms with Gasteiger partial charge in [-0.05, 0) is 44.1 Å². The van der Waals surface area contributed by atoms with Crippen molar-refractivity contribution in [2.24, 2.45) is 5.41 Å². The normalized spacial score (nSPS) is 33.1. The van der Waals surface area contributed by atoms with Crippen molar-refractivity contribution >= 4 is 0 Å². The van der Waals surface area contributed by atoms with Crippen LogP contribution in [0.5, 0.6) is 0 Å². The summed E-state index contributed by atoms with van der Waals surface area (Å²) < 4.78 is 0. The van der Waals surface area contributed by atoms with E-state index in [1.807, 2.05) is 0 Å². The number of rotatable bonds is 1. The van der Waals surface area contributed by atoms with Gasteiger partial charge in [-0.1, -0.05) is 32.9 Å². The van der Waals surface area contributed by atoms with Gasteiger partial charge in [0.15, 0.2) is 0 Å². The molecule has 2 rings (SSSR count). The lowest BCUT2D eigenvalue weighted by Crippen LogP contribution is -2.49. The molecule has 0 bridgehead atoms. The highest BCUT2D eigenvalue weighted by molar-refractivity contribution is 5.11. The summed E-state index contributed by atoms with van der Waals surface area (Å²) in [4.78, 5) is 2.71. The van der Waals surface area contributed by atoms with Crippen molar-refractivity contribution in [1.29, 1.82) is 0 Å². The molecule has 0 aromatic carbocycles. The zero-order valence-corrected chi connectivity index (χ0v) is 10.6. The van der Waals surface area contributed by atoms with E-state index in [0.717, 1.165) is 6.54 Å². The largest absolute Gasteiger partial charge is 0.294 e. The third-order valence-corrected chi connectivity index (χ3v) is 3.96. The Morgan fingerprint density at radius 1 is 1.33 bits per heavy atom. The van der Waals surface area contributed by atoms with Gasteiger partial charge in [0.1, 0.15) is 0 Å². The number of hydrogen-bond donors (Lipinski definition) is 0. The molecule has 2 fully saturated rings. The van der Waals surface area contributed by atoms with Crippen LogP contribution in [0.25, 0.3) is 0 Å². The van der Waals surface area contributed by atoms with Gasteiger partial charge in [-0.3, -0.25) is 4.90 Å². The fourth-order valence-corrected chi connectivity index (χ4v) is 3.56. The maximum atomic E-state index is 4.16. The smallest absolute Gasteiger partial charge is 0.0221 e. The van der Waals surface area contributed by atoms with Crippen LogP contribution in [-0.2, 0) is 0 Å². The molecule has 0 aliphatic carbocycles. The first-order chi connectivity index (χ1) is 6.91. The number of piperidine rings is 1. The molecule has 1 nitrogen and oxygen atoms in total. The van der Waals surface area contributed by atoms with Gasteiger partial charge in [-0.2, -0.15) is 0 Å². The van der Waals surface area contributed by atoms with Crippen LogP contribution < -0.4 is 0 Å².